The summed E-state index contributed by atoms with van der Waals surface area (Å²) in [6.45, 7) is 2.94. The Labute approximate surface area is 83.7 Å². The molecule has 0 radical (unpaired) electrons. The van der Waals surface area contributed by atoms with Crippen molar-refractivity contribution in [3.8, 4) is 5.88 Å². The minimum atomic E-state index is 0.616. The molecule has 14 heavy (non-hydrogen) atoms. The first kappa shape index (κ1) is 9.40. The number of hydrogen-bond donors (Lipinski definition) is 1. The molecule has 4 heteroatoms. The summed E-state index contributed by atoms with van der Waals surface area (Å²) in [6.07, 6.45) is 4.14. The van der Waals surface area contributed by atoms with Crippen molar-refractivity contribution < 1.29 is 4.74 Å². The van der Waals surface area contributed by atoms with Gasteiger partial charge < -0.3 is 10.1 Å². The molecular formula is C10H15N3O. The van der Waals surface area contributed by atoms with Crippen LogP contribution in [0, 0.1) is 5.92 Å². The molecule has 1 aliphatic rings. The van der Waals surface area contributed by atoms with E-state index in [0.717, 1.165) is 19.7 Å². The molecule has 1 aliphatic heterocycles. The largest absolute Gasteiger partial charge is 0.476 e. The first-order valence-electron chi connectivity index (χ1n) is 5.06. The summed E-state index contributed by atoms with van der Waals surface area (Å²) >= 11 is 0. The molecule has 0 unspecified atom stereocenters. The lowest BCUT2D eigenvalue weighted by atomic mass is 10.0. The van der Waals surface area contributed by atoms with Crippen LogP contribution in [0.3, 0.4) is 0 Å². The van der Waals surface area contributed by atoms with Crippen LogP contribution in [-0.4, -0.2) is 29.9 Å². The van der Waals surface area contributed by atoms with E-state index in [1.54, 1.807) is 6.20 Å². The topological polar surface area (TPSA) is 47.0 Å². The quantitative estimate of drug-likeness (QED) is 0.773. The van der Waals surface area contributed by atoms with Gasteiger partial charge in [0.1, 0.15) is 0 Å². The van der Waals surface area contributed by atoms with Gasteiger partial charge in [-0.3, -0.25) is 0 Å². The van der Waals surface area contributed by atoms with Gasteiger partial charge in [0.15, 0.2) is 0 Å². The molecule has 2 rings (SSSR count). The van der Waals surface area contributed by atoms with Crippen molar-refractivity contribution in [3.63, 3.8) is 0 Å². The maximum atomic E-state index is 5.53. The lowest BCUT2D eigenvalue weighted by Crippen LogP contribution is -2.33. The molecule has 0 bridgehead atoms. The zero-order valence-corrected chi connectivity index (χ0v) is 8.15. The number of aromatic nitrogens is 2. The third-order valence-electron chi connectivity index (χ3n) is 2.41. The van der Waals surface area contributed by atoms with Crippen LogP contribution in [0.25, 0.3) is 0 Å². The predicted molar refractivity (Wildman–Crippen MR) is 53.1 cm³/mol. The first-order valence-corrected chi connectivity index (χ1v) is 5.06. The van der Waals surface area contributed by atoms with Crippen LogP contribution in [0.15, 0.2) is 18.3 Å². The molecule has 0 aliphatic carbocycles. The molecule has 1 atom stereocenters. The number of rotatable bonds is 3. The van der Waals surface area contributed by atoms with Gasteiger partial charge in [-0.1, -0.05) is 0 Å². The second-order valence-corrected chi connectivity index (χ2v) is 3.59. The summed E-state index contributed by atoms with van der Waals surface area (Å²) < 4.78 is 5.53. The Kier molecular flexibility index (Phi) is 3.29. The van der Waals surface area contributed by atoms with Crippen LogP contribution >= 0.6 is 0 Å². The molecule has 1 saturated heterocycles. The fourth-order valence-corrected chi connectivity index (χ4v) is 1.63. The molecule has 0 spiro atoms. The molecule has 2 heterocycles. The number of piperidine rings is 1. The molecule has 0 aromatic carbocycles. The molecule has 0 saturated carbocycles. The monoisotopic (exact) mass is 193 g/mol. The van der Waals surface area contributed by atoms with Crippen molar-refractivity contribution in [1.29, 1.82) is 0 Å². The minimum Gasteiger partial charge on any atom is -0.476 e. The van der Waals surface area contributed by atoms with E-state index >= 15 is 0 Å². The zero-order chi connectivity index (χ0) is 9.64. The highest BCUT2D eigenvalue weighted by Crippen LogP contribution is 2.11. The Morgan fingerprint density at radius 2 is 2.57 bits per heavy atom. The van der Waals surface area contributed by atoms with E-state index in [2.05, 4.69) is 15.5 Å². The smallest absolute Gasteiger partial charge is 0.233 e. The van der Waals surface area contributed by atoms with Gasteiger partial charge in [-0.25, -0.2) is 0 Å². The zero-order valence-electron chi connectivity index (χ0n) is 8.15. The van der Waals surface area contributed by atoms with Crippen LogP contribution in [-0.2, 0) is 0 Å². The van der Waals surface area contributed by atoms with Crippen molar-refractivity contribution in [2.75, 3.05) is 19.7 Å². The maximum absolute atomic E-state index is 5.53. The Balaban J connectivity index is 1.76. The summed E-state index contributed by atoms with van der Waals surface area (Å²) in [4.78, 5) is 0. The molecule has 4 nitrogen and oxygen atoms in total. The molecule has 1 N–H and O–H groups in total. The lowest BCUT2D eigenvalue weighted by Gasteiger charge is -2.22. The third kappa shape index (κ3) is 2.67. The Morgan fingerprint density at radius 1 is 1.57 bits per heavy atom. The van der Waals surface area contributed by atoms with Crippen molar-refractivity contribution >= 4 is 0 Å². The highest BCUT2D eigenvalue weighted by atomic mass is 16.5. The fourth-order valence-electron chi connectivity index (χ4n) is 1.63. The highest BCUT2D eigenvalue weighted by Gasteiger charge is 2.13. The van der Waals surface area contributed by atoms with Crippen LogP contribution in [0.4, 0.5) is 0 Å². The van der Waals surface area contributed by atoms with Crippen molar-refractivity contribution in [2.45, 2.75) is 12.8 Å². The van der Waals surface area contributed by atoms with Crippen LogP contribution in [0.1, 0.15) is 12.8 Å². The predicted octanol–water partition coefficient (Wildman–Crippen LogP) is 0.855. The Hall–Kier alpha value is -1.16. The van der Waals surface area contributed by atoms with E-state index in [0.29, 0.717) is 11.8 Å². The summed E-state index contributed by atoms with van der Waals surface area (Å²) in [6, 6.07) is 3.67. The van der Waals surface area contributed by atoms with Gasteiger partial charge in [-0.05, 0) is 25.5 Å². The average molecular weight is 193 g/mol. The summed E-state index contributed by atoms with van der Waals surface area (Å²) in [5.74, 6) is 1.24. The van der Waals surface area contributed by atoms with E-state index in [1.807, 2.05) is 12.1 Å². The van der Waals surface area contributed by atoms with Crippen molar-refractivity contribution in [2.24, 2.45) is 5.92 Å². The first-order chi connectivity index (χ1) is 6.95. The van der Waals surface area contributed by atoms with Crippen molar-refractivity contribution in [3.05, 3.63) is 18.3 Å². The highest BCUT2D eigenvalue weighted by molar-refractivity contribution is 5.05. The average Bonchev–Trinajstić information content (AvgIpc) is 2.29. The van der Waals surface area contributed by atoms with Gasteiger partial charge >= 0.3 is 0 Å². The van der Waals surface area contributed by atoms with Crippen molar-refractivity contribution in [1.82, 2.24) is 15.5 Å². The van der Waals surface area contributed by atoms with E-state index in [4.69, 9.17) is 4.74 Å². The van der Waals surface area contributed by atoms with Gasteiger partial charge in [0.05, 0.1) is 6.61 Å². The summed E-state index contributed by atoms with van der Waals surface area (Å²) in [7, 11) is 0. The van der Waals surface area contributed by atoms with E-state index in [-0.39, 0.29) is 0 Å². The van der Waals surface area contributed by atoms with Gasteiger partial charge in [-0.2, -0.15) is 5.10 Å². The van der Waals surface area contributed by atoms with Crippen LogP contribution in [0.2, 0.25) is 0 Å². The van der Waals surface area contributed by atoms with Gasteiger partial charge in [0, 0.05) is 24.7 Å². The molecular weight excluding hydrogens is 178 g/mol. The Morgan fingerprint density at radius 3 is 3.29 bits per heavy atom. The second kappa shape index (κ2) is 4.91. The van der Waals surface area contributed by atoms with Gasteiger partial charge in [-0.15, -0.1) is 5.10 Å². The number of nitrogens with zero attached hydrogens (tertiary/aromatic N) is 2. The molecule has 1 fully saturated rings. The normalized spacial score (nSPS) is 21.9. The standard InChI is InChI=1S/C10H15N3O/c1-3-9(7-11-5-1)8-14-10-4-2-6-12-13-10/h2,4,6,9,11H,1,3,5,7-8H2/t9-/m1/s1. The van der Waals surface area contributed by atoms with E-state index in [9.17, 15) is 0 Å². The van der Waals surface area contributed by atoms with Gasteiger partial charge in [0.2, 0.25) is 5.88 Å². The van der Waals surface area contributed by atoms with E-state index in [1.165, 1.54) is 12.8 Å². The molecule has 0 amide bonds. The number of ether oxygens (including phenoxy) is 1. The van der Waals surface area contributed by atoms with E-state index < -0.39 is 0 Å². The maximum Gasteiger partial charge on any atom is 0.233 e. The molecule has 1 aromatic heterocycles. The van der Waals surface area contributed by atoms with Crippen LogP contribution < -0.4 is 10.1 Å². The summed E-state index contributed by atoms with van der Waals surface area (Å²) in [5.41, 5.74) is 0. The number of hydrogen-bond acceptors (Lipinski definition) is 4. The molecule has 1 aromatic rings. The fraction of sp³-hybridized carbons (Fsp3) is 0.600. The van der Waals surface area contributed by atoms with Crippen LogP contribution in [0.5, 0.6) is 5.88 Å². The van der Waals surface area contributed by atoms with Gasteiger partial charge in [0.25, 0.3) is 0 Å². The third-order valence-corrected chi connectivity index (χ3v) is 2.41. The second-order valence-electron chi connectivity index (χ2n) is 3.59. The molecule has 76 valence electrons. The number of nitrogens with one attached hydrogen (secondary N) is 1. The summed E-state index contributed by atoms with van der Waals surface area (Å²) in [5, 5.41) is 11.0. The SMILES string of the molecule is c1cnnc(OC[C@@H]2CCCNC2)c1. The Bertz CT molecular complexity index is 259. The minimum absolute atomic E-state index is 0.616. The lowest BCUT2D eigenvalue weighted by molar-refractivity contribution is 0.210.